The number of aromatic nitrogens is 1. The fourth-order valence-corrected chi connectivity index (χ4v) is 5.93. The van der Waals surface area contributed by atoms with Gasteiger partial charge in [-0.1, -0.05) is 55.0 Å². The van der Waals surface area contributed by atoms with Crippen LogP contribution in [0.4, 0.5) is 5.69 Å². The molecule has 0 fully saturated rings. The monoisotopic (exact) mass is 537 g/mol. The molecule has 1 N–H and O–H groups in total. The maximum absolute atomic E-state index is 13.1. The van der Waals surface area contributed by atoms with Gasteiger partial charge < -0.3 is 9.30 Å². The third-order valence-corrected chi connectivity index (χ3v) is 8.13. The second-order valence-corrected chi connectivity index (χ2v) is 11.1. The van der Waals surface area contributed by atoms with Gasteiger partial charge in [0, 0.05) is 11.3 Å². The minimum absolute atomic E-state index is 0.0894. The van der Waals surface area contributed by atoms with Crippen molar-refractivity contribution < 1.29 is 22.7 Å². The smallest absolute Gasteiger partial charge is 0.325 e. The molecule has 4 aromatic rings. The van der Waals surface area contributed by atoms with Crippen LogP contribution in [0.25, 0.3) is 10.2 Å². The SMILES string of the molecule is CCCCc1ccc2c(c1)sc(=NC(=O)c1cccc(NS(=O)(=O)c3ccccc3)c1)n2CC(=O)OC. The number of unbranched alkanes of at least 4 members (excludes halogenated alkanes) is 1. The van der Waals surface area contributed by atoms with Crippen LogP contribution in [0.1, 0.15) is 35.7 Å². The molecular weight excluding hydrogens is 510 g/mol. The molecule has 0 aliphatic carbocycles. The number of sulfonamides is 1. The van der Waals surface area contributed by atoms with Gasteiger partial charge in [0.2, 0.25) is 0 Å². The highest BCUT2D eigenvalue weighted by molar-refractivity contribution is 7.92. The molecule has 0 aliphatic rings. The minimum Gasteiger partial charge on any atom is -0.468 e. The summed E-state index contributed by atoms with van der Waals surface area (Å²) in [6, 6.07) is 20.1. The first-order chi connectivity index (χ1) is 17.8. The number of esters is 1. The molecule has 0 saturated heterocycles. The second kappa shape index (κ2) is 11.5. The van der Waals surface area contributed by atoms with Crippen LogP contribution in [0.3, 0.4) is 0 Å². The molecule has 0 radical (unpaired) electrons. The summed E-state index contributed by atoms with van der Waals surface area (Å²) in [7, 11) is -2.50. The molecule has 0 atom stereocenters. The van der Waals surface area contributed by atoms with Gasteiger partial charge in [0.25, 0.3) is 15.9 Å². The number of anilines is 1. The number of nitrogens with one attached hydrogen (secondary N) is 1. The van der Waals surface area contributed by atoms with Gasteiger partial charge in [0.05, 0.1) is 22.2 Å². The Morgan fingerprint density at radius 3 is 2.54 bits per heavy atom. The van der Waals surface area contributed by atoms with Crippen molar-refractivity contribution in [3.63, 3.8) is 0 Å². The lowest BCUT2D eigenvalue weighted by atomic mass is 10.1. The molecule has 8 nitrogen and oxygen atoms in total. The molecule has 3 aromatic carbocycles. The second-order valence-electron chi connectivity index (χ2n) is 8.37. The molecule has 1 heterocycles. The maximum Gasteiger partial charge on any atom is 0.325 e. The number of ether oxygens (including phenoxy) is 1. The predicted octanol–water partition coefficient (Wildman–Crippen LogP) is 4.76. The Bertz CT molecular complexity index is 1610. The van der Waals surface area contributed by atoms with Crippen molar-refractivity contribution in [1.29, 1.82) is 0 Å². The van der Waals surface area contributed by atoms with Crippen LogP contribution < -0.4 is 9.52 Å². The van der Waals surface area contributed by atoms with Crippen molar-refractivity contribution >= 4 is 49.1 Å². The van der Waals surface area contributed by atoms with Crippen molar-refractivity contribution in [3.8, 4) is 0 Å². The molecule has 192 valence electrons. The summed E-state index contributed by atoms with van der Waals surface area (Å²) in [6.45, 7) is 2.05. The van der Waals surface area contributed by atoms with E-state index in [1.807, 2.05) is 12.1 Å². The van der Waals surface area contributed by atoms with E-state index in [4.69, 9.17) is 4.74 Å². The number of hydrogen-bond donors (Lipinski definition) is 1. The average Bonchev–Trinajstić information content (AvgIpc) is 3.23. The topological polar surface area (TPSA) is 107 Å². The molecular formula is C27H27N3O5S2. The molecule has 37 heavy (non-hydrogen) atoms. The van der Waals surface area contributed by atoms with Crippen LogP contribution >= 0.6 is 11.3 Å². The van der Waals surface area contributed by atoms with Gasteiger partial charge in [0.15, 0.2) is 4.80 Å². The van der Waals surface area contributed by atoms with Crippen molar-refractivity contribution in [1.82, 2.24) is 4.57 Å². The number of amides is 1. The van der Waals surface area contributed by atoms with E-state index < -0.39 is 21.9 Å². The Morgan fingerprint density at radius 1 is 1.03 bits per heavy atom. The van der Waals surface area contributed by atoms with E-state index in [0.717, 1.165) is 29.5 Å². The molecule has 10 heteroatoms. The lowest BCUT2D eigenvalue weighted by Gasteiger charge is -2.08. The maximum atomic E-state index is 13.1. The van der Waals surface area contributed by atoms with Gasteiger partial charge >= 0.3 is 5.97 Å². The molecule has 0 unspecified atom stereocenters. The molecule has 0 aliphatic heterocycles. The predicted molar refractivity (Wildman–Crippen MR) is 144 cm³/mol. The zero-order valence-corrected chi connectivity index (χ0v) is 22.1. The number of aryl methyl sites for hydroxylation is 1. The Balaban J connectivity index is 1.69. The van der Waals surface area contributed by atoms with Crippen LogP contribution in [-0.2, 0) is 32.5 Å². The number of fused-ring (bicyclic) bond motifs is 1. The number of hydrogen-bond acceptors (Lipinski definition) is 6. The van der Waals surface area contributed by atoms with Crippen LogP contribution in [-0.4, -0.2) is 32.0 Å². The van der Waals surface area contributed by atoms with Crippen molar-refractivity contribution in [3.05, 3.63) is 88.7 Å². The Morgan fingerprint density at radius 2 is 1.81 bits per heavy atom. The lowest BCUT2D eigenvalue weighted by Crippen LogP contribution is -2.22. The van der Waals surface area contributed by atoms with Gasteiger partial charge in [-0.15, -0.1) is 0 Å². The zero-order valence-electron chi connectivity index (χ0n) is 20.5. The van der Waals surface area contributed by atoms with E-state index in [1.54, 1.807) is 41.0 Å². The highest BCUT2D eigenvalue weighted by atomic mass is 32.2. The van der Waals surface area contributed by atoms with E-state index in [1.165, 1.54) is 42.2 Å². The fraction of sp³-hybridized carbons (Fsp3) is 0.222. The van der Waals surface area contributed by atoms with Crippen molar-refractivity contribution in [2.24, 2.45) is 4.99 Å². The standard InChI is InChI=1S/C27H27N3O5S2/c1-3-4-9-19-14-15-23-24(16-19)36-27(30(23)18-25(31)35-2)28-26(32)20-10-8-11-21(17-20)29-37(33,34)22-12-6-5-7-13-22/h5-8,10-17,29H,3-4,9,18H2,1-2H3. The van der Waals surface area contributed by atoms with E-state index in [0.29, 0.717) is 4.80 Å². The number of rotatable bonds is 9. The summed E-state index contributed by atoms with van der Waals surface area (Å²) in [5, 5.41) is 0. The molecule has 0 spiro atoms. The number of carbonyl (C=O) groups is 2. The molecule has 4 rings (SSSR count). The zero-order chi connectivity index (χ0) is 26.4. The first-order valence-corrected chi connectivity index (χ1v) is 14.1. The average molecular weight is 538 g/mol. The summed E-state index contributed by atoms with van der Waals surface area (Å²) in [4.78, 5) is 30.0. The molecule has 1 aromatic heterocycles. The summed E-state index contributed by atoms with van der Waals surface area (Å²) >= 11 is 1.31. The minimum atomic E-state index is -3.81. The number of thiazole rings is 1. The van der Waals surface area contributed by atoms with E-state index in [-0.39, 0.29) is 22.7 Å². The quantitative estimate of drug-likeness (QED) is 0.310. The highest BCUT2D eigenvalue weighted by Gasteiger charge is 2.16. The third-order valence-electron chi connectivity index (χ3n) is 5.69. The first kappa shape index (κ1) is 26.3. The van der Waals surface area contributed by atoms with Crippen LogP contribution in [0.15, 0.2) is 82.7 Å². The van der Waals surface area contributed by atoms with Crippen LogP contribution in [0.2, 0.25) is 0 Å². The number of nitrogens with zero attached hydrogens (tertiary/aromatic N) is 2. The molecule has 0 saturated carbocycles. The van der Waals surface area contributed by atoms with E-state index in [2.05, 4.69) is 22.7 Å². The Labute approximate surface area is 219 Å². The summed E-state index contributed by atoms with van der Waals surface area (Å²) < 4.78 is 35.3. The largest absolute Gasteiger partial charge is 0.468 e. The number of methoxy groups -OCH3 is 1. The van der Waals surface area contributed by atoms with Crippen LogP contribution in [0.5, 0.6) is 0 Å². The summed E-state index contributed by atoms with van der Waals surface area (Å²) in [6.07, 6.45) is 3.10. The van der Waals surface area contributed by atoms with Gasteiger partial charge in [-0.25, -0.2) is 8.42 Å². The summed E-state index contributed by atoms with van der Waals surface area (Å²) in [5.74, 6) is -1.02. The normalized spacial score (nSPS) is 12.0. The summed E-state index contributed by atoms with van der Waals surface area (Å²) in [5.41, 5.74) is 2.41. The highest BCUT2D eigenvalue weighted by Crippen LogP contribution is 2.21. The number of benzene rings is 3. The van der Waals surface area contributed by atoms with Crippen molar-refractivity contribution in [2.45, 2.75) is 37.6 Å². The third kappa shape index (κ3) is 6.33. The van der Waals surface area contributed by atoms with Gasteiger partial charge in [0.1, 0.15) is 6.54 Å². The van der Waals surface area contributed by atoms with Gasteiger partial charge in [-0.05, 0) is 60.9 Å². The Hall–Kier alpha value is -3.76. The fourth-order valence-electron chi connectivity index (χ4n) is 3.77. The number of carbonyl (C=O) groups excluding carboxylic acids is 2. The van der Waals surface area contributed by atoms with Gasteiger partial charge in [-0.3, -0.25) is 14.3 Å². The lowest BCUT2D eigenvalue weighted by molar-refractivity contribution is -0.141. The molecule has 0 bridgehead atoms. The van der Waals surface area contributed by atoms with Crippen molar-refractivity contribution in [2.75, 3.05) is 11.8 Å². The van der Waals surface area contributed by atoms with Gasteiger partial charge in [-0.2, -0.15) is 4.99 Å². The van der Waals surface area contributed by atoms with Crippen LogP contribution in [0, 0.1) is 0 Å². The Kier molecular flexibility index (Phi) is 8.20. The first-order valence-electron chi connectivity index (χ1n) is 11.8. The van der Waals surface area contributed by atoms with E-state index >= 15 is 0 Å². The molecule has 1 amide bonds. The van der Waals surface area contributed by atoms with E-state index in [9.17, 15) is 18.0 Å².